The number of hydrogen-bond acceptors (Lipinski definition) is 4. The van der Waals surface area contributed by atoms with Crippen LogP contribution in [0.1, 0.15) is 22.3 Å². The van der Waals surface area contributed by atoms with Gasteiger partial charge in [-0.15, -0.1) is 0 Å². The molecule has 0 spiro atoms. The molecule has 2 rings (SSSR count). The van der Waals surface area contributed by atoms with Gasteiger partial charge in [0.1, 0.15) is 0 Å². The summed E-state index contributed by atoms with van der Waals surface area (Å²) in [5, 5.41) is 20.7. The summed E-state index contributed by atoms with van der Waals surface area (Å²) in [6.45, 7) is 7.31. The van der Waals surface area contributed by atoms with Crippen molar-refractivity contribution < 1.29 is 9.85 Å². The smallest absolute Gasteiger partial charge is 0.258 e. The standard InChI is InChI=1S/2C8H9NO2/c2*1-6-3-4-8(9(10)11)7(2)5-6/h2*3-5H,1-2H3. The fourth-order valence-electron chi connectivity index (χ4n) is 2.02. The highest BCUT2D eigenvalue weighted by molar-refractivity contribution is 5.41. The van der Waals surface area contributed by atoms with E-state index in [-0.39, 0.29) is 21.2 Å². The third kappa shape index (κ3) is 4.66. The van der Waals surface area contributed by atoms with Gasteiger partial charge in [-0.25, -0.2) is 0 Å². The molecule has 6 heteroatoms. The Morgan fingerprint density at radius 1 is 0.682 bits per heavy atom. The second kappa shape index (κ2) is 7.31. The molecule has 2 aromatic rings. The van der Waals surface area contributed by atoms with E-state index in [4.69, 9.17) is 0 Å². The van der Waals surface area contributed by atoms with Crippen LogP contribution in [0.4, 0.5) is 11.4 Å². The highest BCUT2D eigenvalue weighted by atomic mass is 16.6. The van der Waals surface area contributed by atoms with Crippen LogP contribution in [0, 0.1) is 47.9 Å². The Kier molecular flexibility index (Phi) is 5.74. The summed E-state index contributed by atoms with van der Waals surface area (Å²) in [5.41, 5.74) is 3.91. The summed E-state index contributed by atoms with van der Waals surface area (Å²) in [4.78, 5) is 19.9. The summed E-state index contributed by atoms with van der Waals surface area (Å²) in [6, 6.07) is 10.2. The first-order chi connectivity index (χ1) is 10.2. The quantitative estimate of drug-likeness (QED) is 0.606. The summed E-state index contributed by atoms with van der Waals surface area (Å²) in [5.74, 6) is 0. The Morgan fingerprint density at radius 3 is 1.23 bits per heavy atom. The van der Waals surface area contributed by atoms with Gasteiger partial charge in [0.2, 0.25) is 0 Å². The number of rotatable bonds is 2. The molecule has 0 bridgehead atoms. The fraction of sp³-hybridized carbons (Fsp3) is 0.250. The summed E-state index contributed by atoms with van der Waals surface area (Å²) < 4.78 is 0. The van der Waals surface area contributed by atoms with Crippen molar-refractivity contribution in [2.75, 3.05) is 0 Å². The second-order valence-electron chi connectivity index (χ2n) is 5.09. The summed E-state index contributed by atoms with van der Waals surface area (Å²) >= 11 is 0. The minimum atomic E-state index is -0.366. The Morgan fingerprint density at radius 2 is 1.00 bits per heavy atom. The number of nitro groups is 2. The second-order valence-corrected chi connectivity index (χ2v) is 5.09. The Balaban J connectivity index is 0.000000220. The molecule has 0 amide bonds. The van der Waals surface area contributed by atoms with Gasteiger partial charge in [0, 0.05) is 23.3 Å². The Labute approximate surface area is 128 Å². The maximum Gasteiger partial charge on any atom is 0.272 e. The van der Waals surface area contributed by atoms with Crippen LogP contribution in [0.15, 0.2) is 36.4 Å². The van der Waals surface area contributed by atoms with Crippen molar-refractivity contribution in [3.05, 3.63) is 78.9 Å². The number of nitrogens with zero attached hydrogens (tertiary/aromatic N) is 2. The third-order valence-electron chi connectivity index (χ3n) is 3.10. The molecular formula is C16H18N2O4. The highest BCUT2D eigenvalue weighted by Crippen LogP contribution is 2.18. The van der Waals surface area contributed by atoms with Gasteiger partial charge in [0.05, 0.1) is 9.85 Å². The van der Waals surface area contributed by atoms with E-state index < -0.39 is 0 Å². The SMILES string of the molecule is Cc1ccc([N+](=O)[O-])c(C)c1.Cc1ccc([N+](=O)[O-])c(C)c1. The van der Waals surface area contributed by atoms with Crippen LogP contribution < -0.4 is 0 Å². The lowest BCUT2D eigenvalue weighted by Crippen LogP contribution is -1.91. The molecule has 0 fully saturated rings. The van der Waals surface area contributed by atoms with Crippen molar-refractivity contribution in [3.8, 4) is 0 Å². The lowest BCUT2D eigenvalue weighted by atomic mass is 10.1. The van der Waals surface area contributed by atoms with Crippen molar-refractivity contribution in [2.45, 2.75) is 27.7 Å². The van der Waals surface area contributed by atoms with Crippen molar-refractivity contribution in [1.29, 1.82) is 0 Å². The minimum Gasteiger partial charge on any atom is -0.258 e. The van der Waals surface area contributed by atoms with Gasteiger partial charge < -0.3 is 0 Å². The normalized spacial score (nSPS) is 9.64. The van der Waals surface area contributed by atoms with Crippen molar-refractivity contribution in [1.82, 2.24) is 0 Å². The average Bonchev–Trinajstić information content (AvgIpc) is 2.38. The van der Waals surface area contributed by atoms with Gasteiger partial charge in [0.25, 0.3) is 11.4 Å². The topological polar surface area (TPSA) is 86.3 Å². The average molecular weight is 302 g/mol. The van der Waals surface area contributed by atoms with Crippen LogP contribution in [0.3, 0.4) is 0 Å². The van der Waals surface area contributed by atoms with E-state index in [9.17, 15) is 20.2 Å². The summed E-state index contributed by atoms with van der Waals surface area (Å²) in [7, 11) is 0. The lowest BCUT2D eigenvalue weighted by molar-refractivity contribution is -0.385. The van der Waals surface area contributed by atoms with E-state index in [1.54, 1.807) is 38.1 Å². The Bertz CT molecular complexity index is 650. The highest BCUT2D eigenvalue weighted by Gasteiger charge is 2.08. The molecule has 0 radical (unpaired) electrons. The minimum absolute atomic E-state index is 0.190. The predicted molar refractivity (Wildman–Crippen MR) is 85.1 cm³/mol. The van der Waals surface area contributed by atoms with Crippen LogP contribution in [0.5, 0.6) is 0 Å². The molecule has 22 heavy (non-hydrogen) atoms. The molecule has 0 saturated heterocycles. The lowest BCUT2D eigenvalue weighted by Gasteiger charge is -1.96. The van der Waals surface area contributed by atoms with Crippen molar-refractivity contribution >= 4 is 11.4 Å². The first kappa shape index (κ1) is 17.3. The van der Waals surface area contributed by atoms with Crippen LogP contribution in [-0.2, 0) is 0 Å². The molecular weight excluding hydrogens is 284 g/mol. The monoisotopic (exact) mass is 302 g/mol. The number of nitro benzene ring substituents is 2. The van der Waals surface area contributed by atoms with E-state index in [1.165, 1.54) is 12.1 Å². The molecule has 116 valence electrons. The molecule has 0 aliphatic rings. The number of benzene rings is 2. The largest absolute Gasteiger partial charge is 0.272 e. The van der Waals surface area contributed by atoms with Gasteiger partial charge >= 0.3 is 0 Å². The zero-order valence-electron chi connectivity index (χ0n) is 13.0. The predicted octanol–water partition coefficient (Wildman–Crippen LogP) is 4.42. The molecule has 0 heterocycles. The van der Waals surface area contributed by atoms with E-state index in [2.05, 4.69) is 0 Å². The zero-order chi connectivity index (χ0) is 16.9. The van der Waals surface area contributed by atoms with Crippen LogP contribution in [0.25, 0.3) is 0 Å². The first-order valence-electron chi connectivity index (χ1n) is 6.65. The first-order valence-corrected chi connectivity index (χ1v) is 6.65. The van der Waals surface area contributed by atoms with E-state index >= 15 is 0 Å². The molecule has 0 atom stereocenters. The van der Waals surface area contributed by atoms with Crippen LogP contribution in [0.2, 0.25) is 0 Å². The van der Waals surface area contributed by atoms with E-state index in [1.807, 2.05) is 13.8 Å². The molecule has 0 N–H and O–H groups in total. The van der Waals surface area contributed by atoms with Crippen LogP contribution in [-0.4, -0.2) is 9.85 Å². The van der Waals surface area contributed by atoms with E-state index in [0.29, 0.717) is 0 Å². The van der Waals surface area contributed by atoms with Gasteiger partial charge in [0.15, 0.2) is 0 Å². The molecule has 2 aromatic carbocycles. The molecule has 0 aliphatic carbocycles. The van der Waals surface area contributed by atoms with E-state index in [0.717, 1.165) is 22.3 Å². The fourth-order valence-corrected chi connectivity index (χ4v) is 2.02. The van der Waals surface area contributed by atoms with Crippen molar-refractivity contribution in [3.63, 3.8) is 0 Å². The Hall–Kier alpha value is -2.76. The van der Waals surface area contributed by atoms with Gasteiger partial charge in [-0.2, -0.15) is 0 Å². The van der Waals surface area contributed by atoms with Crippen LogP contribution >= 0.6 is 0 Å². The third-order valence-corrected chi connectivity index (χ3v) is 3.10. The maximum absolute atomic E-state index is 10.3. The molecule has 0 saturated carbocycles. The van der Waals surface area contributed by atoms with Gasteiger partial charge in [-0.3, -0.25) is 20.2 Å². The summed E-state index contributed by atoms with van der Waals surface area (Å²) in [6.07, 6.45) is 0. The molecule has 0 unspecified atom stereocenters. The van der Waals surface area contributed by atoms with Crippen molar-refractivity contribution in [2.24, 2.45) is 0 Å². The molecule has 0 aromatic heterocycles. The van der Waals surface area contributed by atoms with Gasteiger partial charge in [-0.1, -0.05) is 23.3 Å². The zero-order valence-corrected chi connectivity index (χ0v) is 13.0. The molecule has 6 nitrogen and oxygen atoms in total. The number of aryl methyl sites for hydroxylation is 4. The van der Waals surface area contributed by atoms with Gasteiger partial charge in [-0.05, 0) is 39.8 Å². The molecule has 0 aliphatic heterocycles. The maximum atomic E-state index is 10.3. The number of hydrogen-bond donors (Lipinski definition) is 0.